The van der Waals surface area contributed by atoms with Crippen molar-refractivity contribution in [2.45, 2.75) is 19.5 Å². The first-order valence-electron chi connectivity index (χ1n) is 8.75. The van der Waals surface area contributed by atoms with Crippen molar-refractivity contribution in [3.8, 4) is 0 Å². The van der Waals surface area contributed by atoms with Crippen molar-refractivity contribution in [3.63, 3.8) is 0 Å². The van der Waals surface area contributed by atoms with E-state index < -0.39 is 30.2 Å². The minimum Gasteiger partial charge on any atom is -0.455 e. The molecule has 1 heterocycles. The summed E-state index contributed by atoms with van der Waals surface area (Å²) >= 11 is 1.35. The molecule has 9 heteroatoms. The minimum absolute atomic E-state index is 0.163. The van der Waals surface area contributed by atoms with Crippen LogP contribution in [-0.4, -0.2) is 30.0 Å². The monoisotopic (exact) mass is 422 g/mol. The predicted molar refractivity (Wildman–Crippen MR) is 104 cm³/mol. The van der Waals surface area contributed by atoms with Gasteiger partial charge in [0.2, 0.25) is 0 Å². The number of benzene rings is 2. The number of para-hydroxylation sites is 1. The van der Waals surface area contributed by atoms with Gasteiger partial charge < -0.3 is 4.74 Å². The largest absolute Gasteiger partial charge is 0.455 e. The van der Waals surface area contributed by atoms with Crippen molar-refractivity contribution in [1.29, 1.82) is 0 Å². The molecule has 0 aliphatic carbocycles. The number of amides is 1. The zero-order valence-corrected chi connectivity index (χ0v) is 16.2. The average molecular weight is 422 g/mol. The standard InChI is InChI=1S/C20H17F3N2O3S/c1-2-25(19-24-15-8-3-4-9-16(15)29-19)17(26)12-28-18(27)11-13-6-5-7-14(10-13)20(21,22)23/h3-10H,2,11-12H2,1H3. The van der Waals surface area contributed by atoms with Gasteiger partial charge in [0.1, 0.15) is 0 Å². The highest BCUT2D eigenvalue weighted by atomic mass is 32.1. The highest BCUT2D eigenvalue weighted by Gasteiger charge is 2.30. The maximum atomic E-state index is 12.8. The molecule has 0 saturated heterocycles. The van der Waals surface area contributed by atoms with Gasteiger partial charge in [-0.25, -0.2) is 4.98 Å². The number of aromatic nitrogens is 1. The molecule has 1 aromatic heterocycles. The molecule has 0 aliphatic heterocycles. The van der Waals surface area contributed by atoms with Crippen LogP contribution in [-0.2, 0) is 26.9 Å². The molecule has 29 heavy (non-hydrogen) atoms. The number of carbonyl (C=O) groups excluding carboxylic acids is 2. The maximum absolute atomic E-state index is 12.8. The third kappa shape index (κ3) is 5.11. The second-order valence-electron chi connectivity index (χ2n) is 6.14. The number of nitrogens with zero attached hydrogens (tertiary/aromatic N) is 2. The number of hydrogen-bond donors (Lipinski definition) is 0. The number of carbonyl (C=O) groups is 2. The van der Waals surface area contributed by atoms with Crippen LogP contribution < -0.4 is 4.90 Å². The van der Waals surface area contributed by atoms with Crippen LogP contribution >= 0.6 is 11.3 Å². The highest BCUT2D eigenvalue weighted by Crippen LogP contribution is 2.30. The molecule has 0 saturated carbocycles. The summed E-state index contributed by atoms with van der Waals surface area (Å²) in [5.74, 6) is -1.23. The van der Waals surface area contributed by atoms with Gasteiger partial charge in [-0.2, -0.15) is 13.2 Å². The normalized spacial score (nSPS) is 11.4. The fraction of sp³-hybridized carbons (Fsp3) is 0.250. The van der Waals surface area contributed by atoms with Crippen LogP contribution in [0.2, 0.25) is 0 Å². The first-order chi connectivity index (χ1) is 13.8. The summed E-state index contributed by atoms with van der Waals surface area (Å²) in [5.41, 5.74) is 0.0861. The Kier molecular flexibility index (Phi) is 6.17. The van der Waals surface area contributed by atoms with Gasteiger partial charge in [-0.3, -0.25) is 14.5 Å². The summed E-state index contributed by atoms with van der Waals surface area (Å²) in [6, 6.07) is 11.9. The number of anilines is 1. The van der Waals surface area contributed by atoms with E-state index in [9.17, 15) is 22.8 Å². The van der Waals surface area contributed by atoms with E-state index in [2.05, 4.69) is 4.98 Å². The van der Waals surface area contributed by atoms with Crippen LogP contribution in [0.1, 0.15) is 18.1 Å². The Morgan fingerprint density at radius 1 is 1.14 bits per heavy atom. The molecule has 1 amide bonds. The van der Waals surface area contributed by atoms with Gasteiger partial charge >= 0.3 is 12.1 Å². The second-order valence-corrected chi connectivity index (χ2v) is 7.15. The third-order valence-corrected chi connectivity index (χ3v) is 5.15. The Morgan fingerprint density at radius 3 is 2.59 bits per heavy atom. The van der Waals surface area contributed by atoms with Crippen molar-refractivity contribution in [2.24, 2.45) is 0 Å². The van der Waals surface area contributed by atoms with E-state index >= 15 is 0 Å². The van der Waals surface area contributed by atoms with Crippen molar-refractivity contribution >= 4 is 38.6 Å². The summed E-state index contributed by atoms with van der Waals surface area (Å²) in [4.78, 5) is 30.3. The van der Waals surface area contributed by atoms with Crippen LogP contribution in [0.3, 0.4) is 0 Å². The first-order valence-corrected chi connectivity index (χ1v) is 9.57. The number of esters is 1. The quantitative estimate of drug-likeness (QED) is 0.551. The molecule has 0 fully saturated rings. The van der Waals surface area contributed by atoms with E-state index in [-0.39, 0.29) is 12.0 Å². The number of alkyl halides is 3. The lowest BCUT2D eigenvalue weighted by Crippen LogP contribution is -2.34. The minimum atomic E-state index is -4.49. The number of halogens is 3. The Hall–Kier alpha value is -2.94. The van der Waals surface area contributed by atoms with Crippen molar-refractivity contribution in [2.75, 3.05) is 18.1 Å². The Labute approximate surface area is 168 Å². The van der Waals surface area contributed by atoms with E-state index in [1.54, 1.807) is 6.92 Å². The van der Waals surface area contributed by atoms with Gasteiger partial charge in [-0.15, -0.1) is 0 Å². The van der Waals surface area contributed by atoms with Gasteiger partial charge in [0.15, 0.2) is 11.7 Å². The molecular weight excluding hydrogens is 405 g/mol. The Balaban J connectivity index is 1.61. The van der Waals surface area contributed by atoms with Crippen molar-refractivity contribution in [3.05, 3.63) is 59.7 Å². The zero-order chi connectivity index (χ0) is 21.0. The van der Waals surface area contributed by atoms with Crippen LogP contribution in [0, 0.1) is 0 Å². The summed E-state index contributed by atoms with van der Waals surface area (Å²) in [7, 11) is 0. The molecule has 0 spiro atoms. The number of likely N-dealkylation sites (N-methyl/N-ethyl adjacent to an activating group) is 1. The highest BCUT2D eigenvalue weighted by molar-refractivity contribution is 7.22. The van der Waals surface area contributed by atoms with Crippen LogP contribution in [0.4, 0.5) is 18.3 Å². The molecule has 3 rings (SSSR count). The average Bonchev–Trinajstić information content (AvgIpc) is 3.10. The first kappa shape index (κ1) is 20.8. The van der Waals surface area contributed by atoms with Crippen LogP contribution in [0.5, 0.6) is 0 Å². The lowest BCUT2D eigenvalue weighted by Gasteiger charge is -2.17. The topological polar surface area (TPSA) is 59.5 Å². The van der Waals surface area contributed by atoms with Gasteiger partial charge in [0.25, 0.3) is 5.91 Å². The van der Waals surface area contributed by atoms with Gasteiger partial charge in [0.05, 0.1) is 22.2 Å². The van der Waals surface area contributed by atoms with E-state index in [0.717, 1.165) is 22.3 Å². The maximum Gasteiger partial charge on any atom is 0.416 e. The van der Waals surface area contributed by atoms with Gasteiger partial charge in [-0.1, -0.05) is 41.7 Å². The molecule has 0 radical (unpaired) electrons. The number of ether oxygens (including phenoxy) is 1. The summed E-state index contributed by atoms with van der Waals surface area (Å²) in [6.45, 7) is 1.60. The van der Waals surface area contributed by atoms with Crippen LogP contribution in [0.25, 0.3) is 10.2 Å². The molecule has 152 valence electrons. The lowest BCUT2D eigenvalue weighted by atomic mass is 10.1. The molecule has 3 aromatic rings. The molecule has 0 atom stereocenters. The zero-order valence-electron chi connectivity index (χ0n) is 15.4. The number of thiazole rings is 1. The second kappa shape index (κ2) is 8.60. The summed E-state index contributed by atoms with van der Waals surface area (Å²) in [5, 5.41) is 0.493. The van der Waals surface area contributed by atoms with Crippen molar-refractivity contribution in [1.82, 2.24) is 4.98 Å². The third-order valence-electron chi connectivity index (χ3n) is 4.09. The Morgan fingerprint density at radius 2 is 1.90 bits per heavy atom. The SMILES string of the molecule is CCN(C(=O)COC(=O)Cc1cccc(C(F)(F)F)c1)c1nc2ccccc2s1. The van der Waals surface area contributed by atoms with E-state index in [1.807, 2.05) is 24.3 Å². The summed E-state index contributed by atoms with van der Waals surface area (Å²) < 4.78 is 44.2. The number of fused-ring (bicyclic) bond motifs is 1. The van der Waals surface area contributed by atoms with E-state index in [1.165, 1.54) is 28.4 Å². The van der Waals surface area contributed by atoms with Crippen LogP contribution in [0.15, 0.2) is 48.5 Å². The number of rotatable bonds is 6. The molecule has 0 unspecified atom stereocenters. The van der Waals surface area contributed by atoms with Gasteiger partial charge in [0, 0.05) is 6.54 Å². The molecule has 5 nitrogen and oxygen atoms in total. The van der Waals surface area contributed by atoms with Crippen molar-refractivity contribution < 1.29 is 27.5 Å². The summed E-state index contributed by atoms with van der Waals surface area (Å²) in [6.07, 6.45) is -4.85. The fourth-order valence-corrected chi connectivity index (χ4v) is 3.74. The predicted octanol–water partition coefficient (Wildman–Crippen LogP) is 4.45. The Bertz CT molecular complexity index is 1000. The fourth-order valence-electron chi connectivity index (χ4n) is 2.69. The molecule has 0 aliphatic rings. The smallest absolute Gasteiger partial charge is 0.416 e. The molecule has 2 aromatic carbocycles. The molecule has 0 N–H and O–H groups in total. The number of hydrogen-bond acceptors (Lipinski definition) is 5. The molecular formula is C20H17F3N2O3S. The van der Waals surface area contributed by atoms with Gasteiger partial charge in [-0.05, 0) is 30.7 Å². The molecule has 0 bridgehead atoms. The lowest BCUT2D eigenvalue weighted by molar-refractivity contribution is -0.147. The van der Waals surface area contributed by atoms with E-state index in [4.69, 9.17) is 4.74 Å². The van der Waals surface area contributed by atoms with E-state index in [0.29, 0.717) is 11.7 Å².